The highest BCUT2D eigenvalue weighted by molar-refractivity contribution is 7.10. The van der Waals surface area contributed by atoms with Crippen molar-refractivity contribution in [3.05, 3.63) is 40.1 Å². The first-order valence-electron chi connectivity index (χ1n) is 6.36. The Hall–Kier alpha value is -2.35. The van der Waals surface area contributed by atoms with Crippen LogP contribution in [0.15, 0.2) is 24.0 Å². The summed E-state index contributed by atoms with van der Waals surface area (Å²) in [5.74, 6) is -1.06. The van der Waals surface area contributed by atoms with Crippen LogP contribution in [-0.4, -0.2) is 33.2 Å². The summed E-state index contributed by atoms with van der Waals surface area (Å²) >= 11 is 1.61. The van der Waals surface area contributed by atoms with Gasteiger partial charge in [-0.2, -0.15) is 0 Å². The Bertz CT molecular complexity index is 635. The normalized spacial score (nSPS) is 10.3. The average molecular weight is 308 g/mol. The molecule has 0 bridgehead atoms. The van der Waals surface area contributed by atoms with Crippen molar-refractivity contribution in [2.45, 2.75) is 20.0 Å². The Balaban J connectivity index is 1.69. The molecule has 0 atom stereocenters. The fourth-order valence-corrected chi connectivity index (χ4v) is 2.55. The molecule has 2 aromatic rings. The molecule has 0 aliphatic heterocycles. The van der Waals surface area contributed by atoms with Crippen LogP contribution >= 0.6 is 11.3 Å². The molecular weight excluding hydrogens is 292 g/mol. The lowest BCUT2D eigenvalue weighted by molar-refractivity contribution is 0.0691. The van der Waals surface area contributed by atoms with Gasteiger partial charge in [-0.25, -0.2) is 14.6 Å². The zero-order chi connectivity index (χ0) is 15.2. The Morgan fingerprint density at radius 2 is 2.24 bits per heavy atom. The van der Waals surface area contributed by atoms with Crippen LogP contribution in [-0.2, 0) is 13.1 Å². The van der Waals surface area contributed by atoms with Gasteiger partial charge < -0.3 is 20.3 Å². The highest BCUT2D eigenvalue weighted by Gasteiger charge is 2.07. The first-order chi connectivity index (χ1) is 10.1. The number of nitrogens with zero attached hydrogens (tertiary/aromatic N) is 2. The Morgan fingerprint density at radius 1 is 1.43 bits per heavy atom. The van der Waals surface area contributed by atoms with E-state index < -0.39 is 5.97 Å². The van der Waals surface area contributed by atoms with Crippen molar-refractivity contribution < 1.29 is 14.7 Å². The summed E-state index contributed by atoms with van der Waals surface area (Å²) in [7, 11) is 0. The standard InChI is InChI=1S/C13H16N4O3S/c1-9-2-5-21-11(9)6-15-13(20)14-3-4-17-7-10(12(18)19)16-8-17/h2,5,7-8H,3-4,6H2,1H3,(H,18,19)(H2,14,15,20). The molecule has 21 heavy (non-hydrogen) atoms. The van der Waals surface area contributed by atoms with Crippen LogP contribution < -0.4 is 10.6 Å². The van der Waals surface area contributed by atoms with E-state index in [0.29, 0.717) is 19.6 Å². The number of carbonyl (C=O) groups excluding carboxylic acids is 1. The van der Waals surface area contributed by atoms with Crippen molar-refractivity contribution in [1.29, 1.82) is 0 Å². The number of urea groups is 1. The van der Waals surface area contributed by atoms with Crippen LogP contribution in [0.5, 0.6) is 0 Å². The van der Waals surface area contributed by atoms with Gasteiger partial charge in [0.1, 0.15) is 0 Å². The van der Waals surface area contributed by atoms with E-state index in [0.717, 1.165) is 4.88 Å². The molecule has 0 saturated carbocycles. The molecule has 3 N–H and O–H groups in total. The molecule has 112 valence electrons. The van der Waals surface area contributed by atoms with Crippen LogP contribution in [0.2, 0.25) is 0 Å². The van der Waals surface area contributed by atoms with Gasteiger partial charge in [-0.15, -0.1) is 11.3 Å². The van der Waals surface area contributed by atoms with Crippen LogP contribution in [0, 0.1) is 6.92 Å². The number of amides is 2. The van der Waals surface area contributed by atoms with Crippen molar-refractivity contribution in [1.82, 2.24) is 20.2 Å². The second-order valence-corrected chi connectivity index (χ2v) is 5.44. The lowest BCUT2D eigenvalue weighted by Crippen LogP contribution is -2.36. The van der Waals surface area contributed by atoms with Gasteiger partial charge in [-0.05, 0) is 23.9 Å². The number of carboxylic acids is 1. The van der Waals surface area contributed by atoms with Gasteiger partial charge in [0.25, 0.3) is 0 Å². The highest BCUT2D eigenvalue weighted by atomic mass is 32.1. The number of thiophene rings is 1. The van der Waals surface area contributed by atoms with Crippen molar-refractivity contribution in [2.75, 3.05) is 6.54 Å². The number of imidazole rings is 1. The quantitative estimate of drug-likeness (QED) is 0.752. The van der Waals surface area contributed by atoms with Crippen LogP contribution in [0.3, 0.4) is 0 Å². The molecule has 0 fully saturated rings. The van der Waals surface area contributed by atoms with Crippen molar-refractivity contribution in [3.63, 3.8) is 0 Å². The van der Waals surface area contributed by atoms with Gasteiger partial charge in [0, 0.05) is 24.2 Å². The van der Waals surface area contributed by atoms with Crippen molar-refractivity contribution >= 4 is 23.3 Å². The van der Waals surface area contributed by atoms with Crippen molar-refractivity contribution in [2.24, 2.45) is 0 Å². The molecule has 0 aliphatic rings. The predicted octanol–water partition coefficient (Wildman–Crippen LogP) is 1.45. The minimum absolute atomic E-state index is 0.00683. The predicted molar refractivity (Wildman–Crippen MR) is 78.5 cm³/mol. The van der Waals surface area contributed by atoms with E-state index in [4.69, 9.17) is 5.11 Å². The molecule has 2 heterocycles. The summed E-state index contributed by atoms with van der Waals surface area (Å²) in [6.45, 7) is 3.37. The van der Waals surface area contributed by atoms with E-state index in [1.54, 1.807) is 15.9 Å². The third-order valence-electron chi connectivity index (χ3n) is 2.89. The summed E-state index contributed by atoms with van der Waals surface area (Å²) in [4.78, 5) is 27.1. The fourth-order valence-electron chi connectivity index (χ4n) is 1.70. The summed E-state index contributed by atoms with van der Waals surface area (Å²) in [6.07, 6.45) is 2.86. The fraction of sp³-hybridized carbons (Fsp3) is 0.308. The summed E-state index contributed by atoms with van der Waals surface area (Å²) < 4.78 is 1.62. The molecule has 0 spiro atoms. The Labute approximate surface area is 125 Å². The zero-order valence-electron chi connectivity index (χ0n) is 11.5. The first kappa shape index (κ1) is 15.0. The first-order valence-corrected chi connectivity index (χ1v) is 7.24. The molecule has 2 aromatic heterocycles. The molecule has 7 nitrogen and oxygen atoms in total. The number of nitrogens with one attached hydrogen (secondary N) is 2. The molecule has 2 rings (SSSR count). The maximum Gasteiger partial charge on any atom is 0.356 e. The van der Waals surface area contributed by atoms with E-state index in [1.165, 1.54) is 18.1 Å². The number of aryl methyl sites for hydroxylation is 1. The van der Waals surface area contributed by atoms with Crippen molar-refractivity contribution in [3.8, 4) is 0 Å². The largest absolute Gasteiger partial charge is 0.476 e. The zero-order valence-corrected chi connectivity index (χ0v) is 12.3. The lowest BCUT2D eigenvalue weighted by Gasteiger charge is -2.07. The number of aromatic carboxylic acids is 1. The number of aromatic nitrogens is 2. The molecule has 0 aromatic carbocycles. The number of hydrogen-bond acceptors (Lipinski definition) is 4. The number of rotatable bonds is 6. The number of carbonyl (C=O) groups is 2. The smallest absolute Gasteiger partial charge is 0.356 e. The number of hydrogen-bond donors (Lipinski definition) is 3. The average Bonchev–Trinajstić information content (AvgIpc) is 3.06. The van der Waals surface area contributed by atoms with Gasteiger partial charge >= 0.3 is 12.0 Å². The number of carboxylic acid groups (broad SMARTS) is 1. The minimum atomic E-state index is -1.06. The maximum absolute atomic E-state index is 11.6. The Morgan fingerprint density at radius 3 is 2.86 bits per heavy atom. The highest BCUT2D eigenvalue weighted by Crippen LogP contribution is 2.14. The van der Waals surface area contributed by atoms with Crippen LogP contribution in [0.25, 0.3) is 0 Å². The van der Waals surface area contributed by atoms with E-state index in [2.05, 4.69) is 15.6 Å². The minimum Gasteiger partial charge on any atom is -0.476 e. The van der Waals surface area contributed by atoms with Gasteiger partial charge in [0.15, 0.2) is 5.69 Å². The second kappa shape index (κ2) is 6.89. The summed E-state index contributed by atoms with van der Waals surface area (Å²) in [5, 5.41) is 16.2. The summed E-state index contributed by atoms with van der Waals surface area (Å²) in [5.41, 5.74) is 1.16. The van der Waals surface area contributed by atoms with E-state index in [9.17, 15) is 9.59 Å². The SMILES string of the molecule is Cc1ccsc1CNC(=O)NCCn1cnc(C(=O)O)c1. The van der Waals surface area contributed by atoms with Crippen LogP contribution in [0.1, 0.15) is 20.9 Å². The molecule has 0 aliphatic carbocycles. The maximum atomic E-state index is 11.6. The molecule has 0 saturated heterocycles. The molecule has 0 unspecified atom stereocenters. The van der Waals surface area contributed by atoms with Gasteiger partial charge in [-0.1, -0.05) is 0 Å². The lowest BCUT2D eigenvalue weighted by atomic mass is 10.3. The molecule has 0 radical (unpaired) electrons. The third-order valence-corrected chi connectivity index (χ3v) is 3.91. The van der Waals surface area contributed by atoms with E-state index in [1.807, 2.05) is 18.4 Å². The van der Waals surface area contributed by atoms with Gasteiger partial charge in [0.2, 0.25) is 0 Å². The van der Waals surface area contributed by atoms with Crippen LogP contribution in [0.4, 0.5) is 4.79 Å². The molecule has 8 heteroatoms. The monoisotopic (exact) mass is 308 g/mol. The topological polar surface area (TPSA) is 96.3 Å². The molecular formula is C13H16N4O3S. The van der Waals surface area contributed by atoms with Gasteiger partial charge in [-0.3, -0.25) is 0 Å². The Kier molecular flexibility index (Phi) is 4.94. The van der Waals surface area contributed by atoms with E-state index in [-0.39, 0.29) is 11.7 Å². The third kappa shape index (κ3) is 4.32. The summed E-state index contributed by atoms with van der Waals surface area (Å²) in [6, 6.07) is 1.76. The molecule has 2 amide bonds. The second-order valence-electron chi connectivity index (χ2n) is 4.44. The van der Waals surface area contributed by atoms with Gasteiger partial charge in [0.05, 0.1) is 12.9 Å². The van der Waals surface area contributed by atoms with E-state index >= 15 is 0 Å².